The highest BCUT2D eigenvalue weighted by atomic mass is 79.9. The standard InChI is InChI=1S/C16H21BrN2O2.2ClH/c1-2-3-4-14(19-7-5-18-6-8-19)12-9-15-16(10-13(12)17)21-11-20-15;;/h2,9-10,14,18H,1,3-8,11H2;2*1H/t14-;;/m1../s1. The summed E-state index contributed by atoms with van der Waals surface area (Å²) in [7, 11) is 0. The highest BCUT2D eigenvalue weighted by Crippen LogP contribution is 2.41. The van der Waals surface area contributed by atoms with Gasteiger partial charge in [-0.15, -0.1) is 31.4 Å². The van der Waals surface area contributed by atoms with Gasteiger partial charge in [-0.1, -0.05) is 22.0 Å². The molecule has 2 aliphatic rings. The van der Waals surface area contributed by atoms with Gasteiger partial charge in [0.15, 0.2) is 11.5 Å². The average molecular weight is 426 g/mol. The molecule has 23 heavy (non-hydrogen) atoms. The Labute approximate surface area is 158 Å². The molecule has 3 rings (SSSR count). The molecule has 0 bridgehead atoms. The zero-order chi connectivity index (χ0) is 14.7. The van der Waals surface area contributed by atoms with Gasteiger partial charge in [-0.05, 0) is 30.5 Å². The van der Waals surface area contributed by atoms with Crippen LogP contribution in [0.4, 0.5) is 0 Å². The summed E-state index contributed by atoms with van der Waals surface area (Å²) >= 11 is 3.71. The Kier molecular flexibility index (Phi) is 8.72. The van der Waals surface area contributed by atoms with Crippen molar-refractivity contribution in [2.75, 3.05) is 33.0 Å². The van der Waals surface area contributed by atoms with Gasteiger partial charge in [0.25, 0.3) is 0 Å². The summed E-state index contributed by atoms with van der Waals surface area (Å²) in [6, 6.07) is 4.54. The van der Waals surface area contributed by atoms with Crippen molar-refractivity contribution in [3.05, 3.63) is 34.8 Å². The van der Waals surface area contributed by atoms with Crippen LogP contribution in [0.5, 0.6) is 11.5 Å². The zero-order valence-electron chi connectivity index (χ0n) is 12.9. The fourth-order valence-electron chi connectivity index (χ4n) is 2.99. The first-order chi connectivity index (χ1) is 10.3. The Morgan fingerprint density at radius 3 is 2.52 bits per heavy atom. The molecule has 0 radical (unpaired) electrons. The van der Waals surface area contributed by atoms with Crippen molar-refractivity contribution >= 4 is 40.7 Å². The maximum atomic E-state index is 5.54. The fourth-order valence-corrected chi connectivity index (χ4v) is 3.58. The van der Waals surface area contributed by atoms with E-state index in [-0.39, 0.29) is 24.8 Å². The van der Waals surface area contributed by atoms with Gasteiger partial charge >= 0.3 is 0 Å². The number of benzene rings is 1. The molecule has 1 N–H and O–H groups in total. The van der Waals surface area contributed by atoms with Crippen molar-refractivity contribution in [2.24, 2.45) is 0 Å². The number of rotatable bonds is 5. The lowest BCUT2D eigenvalue weighted by molar-refractivity contribution is 0.164. The van der Waals surface area contributed by atoms with E-state index in [4.69, 9.17) is 9.47 Å². The second-order valence-corrected chi connectivity index (χ2v) is 6.25. The number of hydrogen-bond donors (Lipinski definition) is 1. The Balaban J connectivity index is 0.00000132. The third kappa shape index (κ3) is 4.77. The van der Waals surface area contributed by atoms with E-state index in [2.05, 4.69) is 38.8 Å². The highest BCUT2D eigenvalue weighted by molar-refractivity contribution is 9.10. The van der Waals surface area contributed by atoms with Crippen molar-refractivity contribution in [3.63, 3.8) is 0 Å². The molecule has 0 aromatic heterocycles. The lowest BCUT2D eigenvalue weighted by Crippen LogP contribution is -2.45. The Hall–Kier alpha value is -0.460. The number of hydrogen-bond acceptors (Lipinski definition) is 4. The van der Waals surface area contributed by atoms with Crippen molar-refractivity contribution < 1.29 is 9.47 Å². The van der Waals surface area contributed by atoms with Crippen LogP contribution in [0.3, 0.4) is 0 Å². The molecular formula is C16H23BrCl2N2O2. The highest BCUT2D eigenvalue weighted by Gasteiger charge is 2.26. The number of allylic oxidation sites excluding steroid dienone is 1. The van der Waals surface area contributed by atoms with E-state index in [0.29, 0.717) is 12.8 Å². The average Bonchev–Trinajstić information content (AvgIpc) is 2.96. The van der Waals surface area contributed by atoms with Gasteiger partial charge in [0.2, 0.25) is 6.79 Å². The minimum atomic E-state index is 0. The number of nitrogens with zero attached hydrogens (tertiary/aromatic N) is 1. The quantitative estimate of drug-likeness (QED) is 0.724. The molecule has 0 spiro atoms. The first-order valence-electron chi connectivity index (χ1n) is 7.44. The summed E-state index contributed by atoms with van der Waals surface area (Å²) in [5, 5.41) is 3.42. The van der Waals surface area contributed by atoms with Gasteiger partial charge in [0, 0.05) is 36.7 Å². The second-order valence-electron chi connectivity index (χ2n) is 5.39. The van der Waals surface area contributed by atoms with E-state index < -0.39 is 0 Å². The molecule has 0 saturated carbocycles. The molecular weight excluding hydrogens is 403 g/mol. The van der Waals surface area contributed by atoms with Crippen LogP contribution in [-0.2, 0) is 0 Å². The summed E-state index contributed by atoms with van der Waals surface area (Å²) in [5.74, 6) is 1.68. The first kappa shape index (κ1) is 20.6. The zero-order valence-corrected chi connectivity index (χ0v) is 16.1. The largest absolute Gasteiger partial charge is 0.454 e. The molecule has 7 heteroatoms. The molecule has 1 atom stereocenters. The predicted octanol–water partition coefficient (Wildman–Crippen LogP) is 3.93. The molecule has 0 aliphatic carbocycles. The summed E-state index contributed by atoms with van der Waals surface area (Å²) < 4.78 is 12.1. The molecule has 2 heterocycles. The summed E-state index contributed by atoms with van der Waals surface area (Å²) in [6.07, 6.45) is 4.08. The maximum absolute atomic E-state index is 5.54. The van der Waals surface area contributed by atoms with Crippen LogP contribution < -0.4 is 14.8 Å². The minimum Gasteiger partial charge on any atom is -0.454 e. The third-order valence-corrected chi connectivity index (χ3v) is 4.77. The lowest BCUT2D eigenvalue weighted by atomic mass is 9.99. The molecule has 2 aliphatic heterocycles. The molecule has 4 nitrogen and oxygen atoms in total. The molecule has 130 valence electrons. The monoisotopic (exact) mass is 424 g/mol. The topological polar surface area (TPSA) is 33.7 Å². The van der Waals surface area contributed by atoms with E-state index in [1.165, 1.54) is 5.56 Å². The summed E-state index contributed by atoms with van der Waals surface area (Å²) in [6.45, 7) is 8.42. The van der Waals surface area contributed by atoms with Gasteiger partial charge in [0.1, 0.15) is 0 Å². The van der Waals surface area contributed by atoms with E-state index in [0.717, 1.165) is 55.0 Å². The number of nitrogens with one attached hydrogen (secondary N) is 1. The number of ether oxygens (including phenoxy) is 2. The van der Waals surface area contributed by atoms with Crippen LogP contribution in [0.25, 0.3) is 0 Å². The van der Waals surface area contributed by atoms with Gasteiger partial charge in [0.05, 0.1) is 0 Å². The van der Waals surface area contributed by atoms with Crippen LogP contribution in [0.15, 0.2) is 29.3 Å². The lowest BCUT2D eigenvalue weighted by Gasteiger charge is -2.35. The van der Waals surface area contributed by atoms with Crippen LogP contribution in [0, 0.1) is 0 Å². The van der Waals surface area contributed by atoms with E-state index in [9.17, 15) is 0 Å². The van der Waals surface area contributed by atoms with Gasteiger partial charge < -0.3 is 14.8 Å². The number of halogens is 3. The van der Waals surface area contributed by atoms with Gasteiger partial charge in [-0.2, -0.15) is 0 Å². The van der Waals surface area contributed by atoms with Crippen LogP contribution >= 0.6 is 40.7 Å². The smallest absolute Gasteiger partial charge is 0.231 e. The third-order valence-electron chi connectivity index (χ3n) is 4.09. The second kappa shape index (κ2) is 9.74. The summed E-state index contributed by atoms with van der Waals surface area (Å²) in [4.78, 5) is 2.54. The number of piperazine rings is 1. The Morgan fingerprint density at radius 1 is 1.22 bits per heavy atom. The molecule has 1 fully saturated rings. The molecule has 0 unspecified atom stereocenters. The normalized spacial score (nSPS) is 17.8. The maximum Gasteiger partial charge on any atom is 0.231 e. The van der Waals surface area contributed by atoms with E-state index in [1.807, 2.05) is 12.1 Å². The van der Waals surface area contributed by atoms with E-state index >= 15 is 0 Å². The van der Waals surface area contributed by atoms with Gasteiger partial charge in [-0.3, -0.25) is 4.90 Å². The predicted molar refractivity (Wildman–Crippen MR) is 101 cm³/mol. The molecule has 1 aromatic rings. The minimum absolute atomic E-state index is 0. The van der Waals surface area contributed by atoms with Crippen molar-refractivity contribution in [1.82, 2.24) is 10.2 Å². The van der Waals surface area contributed by atoms with Crippen molar-refractivity contribution in [2.45, 2.75) is 18.9 Å². The van der Waals surface area contributed by atoms with Crippen LogP contribution in [-0.4, -0.2) is 37.9 Å². The fraction of sp³-hybridized carbons (Fsp3) is 0.500. The van der Waals surface area contributed by atoms with Crippen molar-refractivity contribution in [1.29, 1.82) is 0 Å². The van der Waals surface area contributed by atoms with Gasteiger partial charge in [-0.25, -0.2) is 0 Å². The molecule has 1 aromatic carbocycles. The first-order valence-corrected chi connectivity index (χ1v) is 8.23. The SMILES string of the molecule is C=CCC[C@H](c1cc2c(cc1Br)OCO2)N1CCNCC1.Cl.Cl. The Morgan fingerprint density at radius 2 is 1.87 bits per heavy atom. The Bertz CT molecular complexity index is 525. The summed E-state index contributed by atoms with van der Waals surface area (Å²) in [5.41, 5.74) is 1.28. The van der Waals surface area contributed by atoms with Crippen LogP contribution in [0.1, 0.15) is 24.4 Å². The van der Waals surface area contributed by atoms with E-state index in [1.54, 1.807) is 0 Å². The van der Waals surface area contributed by atoms with Crippen molar-refractivity contribution in [3.8, 4) is 11.5 Å². The number of fused-ring (bicyclic) bond motifs is 1. The molecule has 1 saturated heterocycles. The van der Waals surface area contributed by atoms with Crippen LogP contribution in [0.2, 0.25) is 0 Å². The molecule has 0 amide bonds.